The summed E-state index contributed by atoms with van der Waals surface area (Å²) in [4.78, 5) is 0. The van der Waals surface area contributed by atoms with Crippen molar-refractivity contribution in [3.63, 3.8) is 0 Å². The largest absolute Gasteiger partial charge is 0.488 e. The molecule has 0 bridgehead atoms. The number of nitrogens with one attached hydrogen (secondary N) is 1. The first-order chi connectivity index (χ1) is 9.33. The Balaban J connectivity index is 2.15. The van der Waals surface area contributed by atoms with Crippen LogP contribution in [0.5, 0.6) is 5.75 Å². The van der Waals surface area contributed by atoms with E-state index in [1.54, 1.807) is 12.1 Å². The second kappa shape index (κ2) is 5.53. The second-order valence-electron chi connectivity index (χ2n) is 5.82. The molecule has 106 valence electrons. The van der Waals surface area contributed by atoms with Gasteiger partial charge in [0, 0.05) is 11.4 Å². The maximum Gasteiger partial charge on any atom is 0.123 e. The number of hydrogen-bond acceptors (Lipinski definition) is 2. The van der Waals surface area contributed by atoms with E-state index in [1.165, 1.54) is 12.1 Å². The first-order valence-electron chi connectivity index (χ1n) is 6.66. The summed E-state index contributed by atoms with van der Waals surface area (Å²) in [6.45, 7) is 8.08. The SMILES string of the molecule is Cc1cc(OC(C)(C)C)ccc1Nc1ccc(F)cc1. The molecule has 0 fully saturated rings. The first kappa shape index (κ1) is 14.4. The number of benzene rings is 2. The van der Waals surface area contributed by atoms with Gasteiger partial charge >= 0.3 is 0 Å². The van der Waals surface area contributed by atoms with Gasteiger partial charge in [-0.2, -0.15) is 0 Å². The van der Waals surface area contributed by atoms with Crippen molar-refractivity contribution in [1.29, 1.82) is 0 Å². The van der Waals surface area contributed by atoms with E-state index in [4.69, 9.17) is 4.74 Å². The maximum atomic E-state index is 12.9. The lowest BCUT2D eigenvalue weighted by atomic mass is 10.1. The van der Waals surface area contributed by atoms with E-state index < -0.39 is 0 Å². The van der Waals surface area contributed by atoms with Gasteiger partial charge in [-0.05, 0) is 75.7 Å². The van der Waals surface area contributed by atoms with Crippen LogP contribution in [0.3, 0.4) is 0 Å². The predicted molar refractivity (Wildman–Crippen MR) is 81.2 cm³/mol. The molecule has 0 aliphatic rings. The molecule has 0 atom stereocenters. The Morgan fingerprint density at radius 3 is 2.20 bits per heavy atom. The van der Waals surface area contributed by atoms with E-state index in [-0.39, 0.29) is 11.4 Å². The van der Waals surface area contributed by atoms with Crippen molar-refractivity contribution in [2.24, 2.45) is 0 Å². The van der Waals surface area contributed by atoms with Crippen molar-refractivity contribution < 1.29 is 9.13 Å². The molecule has 2 nitrogen and oxygen atoms in total. The van der Waals surface area contributed by atoms with E-state index in [1.807, 2.05) is 45.9 Å². The monoisotopic (exact) mass is 273 g/mol. The van der Waals surface area contributed by atoms with Crippen molar-refractivity contribution >= 4 is 11.4 Å². The Kier molecular flexibility index (Phi) is 3.98. The number of anilines is 2. The van der Waals surface area contributed by atoms with Gasteiger partial charge in [0.1, 0.15) is 17.2 Å². The third-order valence-electron chi connectivity index (χ3n) is 2.75. The smallest absolute Gasteiger partial charge is 0.123 e. The molecule has 1 N–H and O–H groups in total. The van der Waals surface area contributed by atoms with Crippen LogP contribution < -0.4 is 10.1 Å². The Morgan fingerprint density at radius 2 is 1.65 bits per heavy atom. The topological polar surface area (TPSA) is 21.3 Å². The molecule has 0 saturated carbocycles. The number of rotatable bonds is 3. The molecule has 0 unspecified atom stereocenters. The van der Waals surface area contributed by atoms with Gasteiger partial charge in [0.2, 0.25) is 0 Å². The van der Waals surface area contributed by atoms with Crippen LogP contribution in [-0.4, -0.2) is 5.60 Å². The molecular weight excluding hydrogens is 253 g/mol. The van der Waals surface area contributed by atoms with Crippen LogP contribution in [0.25, 0.3) is 0 Å². The minimum Gasteiger partial charge on any atom is -0.488 e. The predicted octanol–water partition coefficient (Wildman–Crippen LogP) is 5.06. The van der Waals surface area contributed by atoms with Gasteiger partial charge < -0.3 is 10.1 Å². The fraction of sp³-hybridized carbons (Fsp3) is 0.294. The molecule has 0 radical (unpaired) electrons. The van der Waals surface area contributed by atoms with Gasteiger partial charge in [0.15, 0.2) is 0 Å². The number of halogens is 1. The summed E-state index contributed by atoms with van der Waals surface area (Å²) in [5, 5.41) is 3.27. The van der Waals surface area contributed by atoms with Gasteiger partial charge in [-0.3, -0.25) is 0 Å². The van der Waals surface area contributed by atoms with Gasteiger partial charge in [-0.25, -0.2) is 4.39 Å². The summed E-state index contributed by atoms with van der Waals surface area (Å²) in [6, 6.07) is 12.2. The molecule has 2 rings (SSSR count). The Labute approximate surface area is 119 Å². The van der Waals surface area contributed by atoms with E-state index in [2.05, 4.69) is 5.32 Å². The number of hydrogen-bond donors (Lipinski definition) is 1. The second-order valence-corrected chi connectivity index (χ2v) is 5.82. The summed E-state index contributed by atoms with van der Waals surface area (Å²) in [6.07, 6.45) is 0. The Hall–Kier alpha value is -2.03. The van der Waals surface area contributed by atoms with Crippen LogP contribution in [0.2, 0.25) is 0 Å². The zero-order valence-electron chi connectivity index (χ0n) is 12.3. The number of ether oxygens (including phenoxy) is 1. The molecule has 0 saturated heterocycles. The molecule has 0 aliphatic carbocycles. The summed E-state index contributed by atoms with van der Waals surface area (Å²) in [5.74, 6) is 0.612. The normalized spacial score (nSPS) is 11.2. The number of aryl methyl sites for hydroxylation is 1. The summed E-state index contributed by atoms with van der Waals surface area (Å²) in [5.41, 5.74) is 2.71. The standard InChI is InChI=1S/C17H20FNO/c1-12-11-15(20-17(2,3)4)9-10-16(12)19-14-7-5-13(18)6-8-14/h5-11,19H,1-4H3. The Bertz CT molecular complexity index is 585. The molecule has 20 heavy (non-hydrogen) atoms. The highest BCUT2D eigenvalue weighted by Crippen LogP contribution is 2.26. The molecule has 0 aromatic heterocycles. The van der Waals surface area contributed by atoms with E-state index >= 15 is 0 Å². The average molecular weight is 273 g/mol. The first-order valence-corrected chi connectivity index (χ1v) is 6.66. The molecule has 3 heteroatoms. The fourth-order valence-electron chi connectivity index (χ4n) is 1.88. The zero-order chi connectivity index (χ0) is 14.8. The van der Waals surface area contributed by atoms with Crippen molar-refractivity contribution in [3.8, 4) is 5.75 Å². The third kappa shape index (κ3) is 3.98. The summed E-state index contributed by atoms with van der Waals surface area (Å²) in [7, 11) is 0. The van der Waals surface area contributed by atoms with Crippen LogP contribution in [0.1, 0.15) is 26.3 Å². The van der Waals surface area contributed by atoms with Crippen molar-refractivity contribution in [3.05, 3.63) is 53.8 Å². The summed E-state index contributed by atoms with van der Waals surface area (Å²) >= 11 is 0. The molecule has 0 aliphatic heterocycles. The minimum atomic E-state index is -0.235. The lowest BCUT2D eigenvalue weighted by molar-refractivity contribution is 0.131. The highest BCUT2D eigenvalue weighted by Gasteiger charge is 2.12. The van der Waals surface area contributed by atoms with Gasteiger partial charge in [-0.15, -0.1) is 0 Å². The van der Waals surface area contributed by atoms with Crippen LogP contribution in [0, 0.1) is 12.7 Å². The summed E-state index contributed by atoms with van der Waals surface area (Å²) < 4.78 is 18.7. The molecule has 0 amide bonds. The lowest BCUT2D eigenvalue weighted by Crippen LogP contribution is -2.22. The molecular formula is C17H20FNO. The van der Waals surface area contributed by atoms with Gasteiger partial charge in [0.05, 0.1) is 0 Å². The highest BCUT2D eigenvalue weighted by molar-refractivity contribution is 5.64. The van der Waals surface area contributed by atoms with Crippen LogP contribution in [-0.2, 0) is 0 Å². The van der Waals surface area contributed by atoms with Crippen LogP contribution in [0.4, 0.5) is 15.8 Å². The van der Waals surface area contributed by atoms with Crippen molar-refractivity contribution in [2.45, 2.75) is 33.3 Å². The average Bonchev–Trinajstić information content (AvgIpc) is 2.33. The molecule has 2 aromatic carbocycles. The molecule has 0 spiro atoms. The quantitative estimate of drug-likeness (QED) is 0.844. The van der Waals surface area contributed by atoms with E-state index in [9.17, 15) is 4.39 Å². The molecule has 2 aromatic rings. The van der Waals surface area contributed by atoms with Gasteiger partial charge in [-0.1, -0.05) is 0 Å². The van der Waals surface area contributed by atoms with Gasteiger partial charge in [0.25, 0.3) is 0 Å². The third-order valence-corrected chi connectivity index (χ3v) is 2.75. The van der Waals surface area contributed by atoms with E-state index in [0.717, 1.165) is 22.7 Å². The van der Waals surface area contributed by atoms with Crippen LogP contribution in [0.15, 0.2) is 42.5 Å². The Morgan fingerprint density at radius 1 is 1.00 bits per heavy atom. The van der Waals surface area contributed by atoms with Crippen LogP contribution >= 0.6 is 0 Å². The lowest BCUT2D eigenvalue weighted by Gasteiger charge is -2.22. The van der Waals surface area contributed by atoms with E-state index in [0.29, 0.717) is 0 Å². The van der Waals surface area contributed by atoms with Crippen molar-refractivity contribution in [1.82, 2.24) is 0 Å². The minimum absolute atomic E-state index is 0.210. The van der Waals surface area contributed by atoms with Crippen molar-refractivity contribution in [2.75, 3.05) is 5.32 Å². The fourth-order valence-corrected chi connectivity index (χ4v) is 1.88. The highest BCUT2D eigenvalue weighted by atomic mass is 19.1. The molecule has 0 heterocycles. The zero-order valence-corrected chi connectivity index (χ0v) is 12.3. The maximum absolute atomic E-state index is 12.9.